The number of nitrogens with zero attached hydrogens (tertiary/aromatic N) is 4. The Morgan fingerprint density at radius 2 is 1.76 bits per heavy atom. The summed E-state index contributed by atoms with van der Waals surface area (Å²) in [5.41, 5.74) is 8.38. The lowest BCUT2D eigenvalue weighted by molar-refractivity contribution is 0.0636. The third-order valence-corrected chi connectivity index (χ3v) is 6.04. The first-order valence-corrected chi connectivity index (χ1v) is 10.6. The molecule has 5 heterocycles. The topological polar surface area (TPSA) is 95.5 Å². The maximum absolute atomic E-state index is 14.5. The highest BCUT2D eigenvalue weighted by molar-refractivity contribution is 5.76. The molecule has 168 valence electrons. The van der Waals surface area contributed by atoms with Crippen LogP contribution in [0.15, 0.2) is 72.1 Å². The zero-order valence-corrected chi connectivity index (χ0v) is 17.7. The van der Waals surface area contributed by atoms with Gasteiger partial charge in [0, 0.05) is 53.7 Å². The Balaban J connectivity index is 1.56. The van der Waals surface area contributed by atoms with Crippen molar-refractivity contribution in [3.8, 4) is 33.9 Å². The standard InChI is InChI=1S/C25H17F2N5O2/c26-22-11-15(5-8-29-22)19-12-18-21(13-32-19)33-20-4-3-14(16-2-1-7-30-23(16)27)10-17(20)25(18)6-9-31-24(28)34-25/h1-5,7-8,10-13H,6,9H2,(H2,28,31)/t25-/m0/s1. The van der Waals surface area contributed by atoms with Crippen LogP contribution in [-0.4, -0.2) is 27.5 Å². The number of hydrogen-bond donors (Lipinski definition) is 1. The molecule has 0 aliphatic carbocycles. The summed E-state index contributed by atoms with van der Waals surface area (Å²) in [6.07, 6.45) is 4.82. The maximum Gasteiger partial charge on any atom is 0.283 e. The molecule has 1 atom stereocenters. The van der Waals surface area contributed by atoms with Gasteiger partial charge < -0.3 is 15.2 Å². The van der Waals surface area contributed by atoms with Crippen molar-refractivity contribution < 1.29 is 18.3 Å². The number of pyridine rings is 3. The third-order valence-electron chi connectivity index (χ3n) is 6.04. The number of ether oxygens (including phenoxy) is 2. The second kappa shape index (κ2) is 7.58. The Bertz CT molecular complexity index is 1480. The van der Waals surface area contributed by atoms with E-state index in [4.69, 9.17) is 15.2 Å². The van der Waals surface area contributed by atoms with E-state index in [1.54, 1.807) is 42.6 Å². The number of benzene rings is 1. The number of amidine groups is 1. The number of aromatic nitrogens is 3. The van der Waals surface area contributed by atoms with Gasteiger partial charge >= 0.3 is 0 Å². The smallest absolute Gasteiger partial charge is 0.283 e. The molecule has 6 rings (SSSR count). The van der Waals surface area contributed by atoms with Crippen LogP contribution in [0.1, 0.15) is 17.5 Å². The van der Waals surface area contributed by atoms with Crippen molar-refractivity contribution >= 4 is 6.02 Å². The van der Waals surface area contributed by atoms with Crippen molar-refractivity contribution in [1.82, 2.24) is 15.0 Å². The minimum absolute atomic E-state index is 0.0383. The quantitative estimate of drug-likeness (QED) is 0.443. The number of aliphatic imine (C=N–C) groups is 1. The number of nitrogens with two attached hydrogens (primary N) is 1. The second-order valence-corrected chi connectivity index (χ2v) is 7.99. The van der Waals surface area contributed by atoms with Gasteiger partial charge in [0.2, 0.25) is 11.9 Å². The molecule has 2 N–H and O–H groups in total. The summed E-state index contributed by atoms with van der Waals surface area (Å²) in [6.45, 7) is 0.414. The molecule has 2 aliphatic rings. The number of halogens is 2. The Kier molecular flexibility index (Phi) is 4.51. The van der Waals surface area contributed by atoms with Gasteiger partial charge in [-0.25, -0.2) is 15.0 Å². The van der Waals surface area contributed by atoms with E-state index < -0.39 is 17.5 Å². The fraction of sp³-hybridized carbons (Fsp3) is 0.120. The molecule has 0 radical (unpaired) electrons. The molecule has 34 heavy (non-hydrogen) atoms. The molecule has 0 amide bonds. The lowest BCUT2D eigenvalue weighted by Crippen LogP contribution is -2.42. The Labute approximate surface area is 193 Å². The molecule has 9 heteroatoms. The molecular weight excluding hydrogens is 440 g/mol. The minimum Gasteiger partial charge on any atom is -0.455 e. The third kappa shape index (κ3) is 3.16. The molecule has 2 aliphatic heterocycles. The fourth-order valence-electron chi connectivity index (χ4n) is 4.49. The molecule has 1 aromatic carbocycles. The van der Waals surface area contributed by atoms with Crippen LogP contribution in [0.4, 0.5) is 8.78 Å². The van der Waals surface area contributed by atoms with Crippen LogP contribution in [0.5, 0.6) is 11.5 Å². The first-order chi connectivity index (χ1) is 16.5. The van der Waals surface area contributed by atoms with E-state index in [1.165, 1.54) is 18.5 Å². The summed E-state index contributed by atoms with van der Waals surface area (Å²) < 4.78 is 40.6. The van der Waals surface area contributed by atoms with Crippen LogP contribution in [0.2, 0.25) is 0 Å². The van der Waals surface area contributed by atoms with Crippen molar-refractivity contribution in [2.75, 3.05) is 6.54 Å². The first-order valence-electron chi connectivity index (χ1n) is 10.6. The van der Waals surface area contributed by atoms with Gasteiger partial charge in [0.1, 0.15) is 5.75 Å². The van der Waals surface area contributed by atoms with Crippen molar-refractivity contribution in [2.24, 2.45) is 10.7 Å². The molecule has 4 aromatic rings. The van der Waals surface area contributed by atoms with Gasteiger partial charge in [-0.1, -0.05) is 6.07 Å². The van der Waals surface area contributed by atoms with Crippen LogP contribution in [0, 0.1) is 11.9 Å². The number of rotatable bonds is 2. The second-order valence-electron chi connectivity index (χ2n) is 7.99. The SMILES string of the molecule is NC1=NCC[C@]2(O1)c1cc(-c3cccnc3F)ccc1Oc1cnc(-c3ccnc(F)c3)cc12. The number of fused-ring (bicyclic) bond motifs is 4. The Hall–Kier alpha value is -4.40. The summed E-state index contributed by atoms with van der Waals surface area (Å²) >= 11 is 0. The highest BCUT2D eigenvalue weighted by atomic mass is 19.1. The van der Waals surface area contributed by atoms with Gasteiger partial charge in [0.15, 0.2) is 11.4 Å². The lowest BCUT2D eigenvalue weighted by Gasteiger charge is -2.41. The zero-order chi connectivity index (χ0) is 23.3. The Morgan fingerprint density at radius 1 is 0.882 bits per heavy atom. The van der Waals surface area contributed by atoms with Gasteiger partial charge in [-0.05, 0) is 42.0 Å². The minimum atomic E-state index is -1.05. The van der Waals surface area contributed by atoms with E-state index >= 15 is 0 Å². The van der Waals surface area contributed by atoms with Crippen LogP contribution < -0.4 is 10.5 Å². The normalized spacial score (nSPS) is 18.4. The average Bonchev–Trinajstić information content (AvgIpc) is 2.84. The van der Waals surface area contributed by atoms with E-state index in [0.717, 1.165) is 0 Å². The molecule has 0 fully saturated rings. The van der Waals surface area contributed by atoms with Crippen molar-refractivity contribution in [1.29, 1.82) is 0 Å². The monoisotopic (exact) mass is 457 g/mol. The van der Waals surface area contributed by atoms with Gasteiger partial charge in [0.25, 0.3) is 6.02 Å². The highest BCUT2D eigenvalue weighted by Crippen LogP contribution is 2.52. The fourth-order valence-corrected chi connectivity index (χ4v) is 4.49. The zero-order valence-electron chi connectivity index (χ0n) is 17.7. The van der Waals surface area contributed by atoms with E-state index in [1.807, 2.05) is 6.07 Å². The summed E-state index contributed by atoms with van der Waals surface area (Å²) in [6, 6.07) is 13.5. The van der Waals surface area contributed by atoms with Gasteiger partial charge in [-0.15, -0.1) is 0 Å². The Morgan fingerprint density at radius 3 is 2.59 bits per heavy atom. The van der Waals surface area contributed by atoms with Gasteiger partial charge in [-0.3, -0.25) is 4.98 Å². The summed E-state index contributed by atoms with van der Waals surface area (Å²) in [7, 11) is 0. The first kappa shape index (κ1) is 20.2. The maximum atomic E-state index is 14.5. The van der Waals surface area contributed by atoms with Gasteiger partial charge in [-0.2, -0.15) is 8.78 Å². The predicted octanol–water partition coefficient (Wildman–Crippen LogP) is 4.57. The molecule has 0 bridgehead atoms. The van der Waals surface area contributed by atoms with Crippen molar-refractivity contribution in [2.45, 2.75) is 12.0 Å². The van der Waals surface area contributed by atoms with Crippen molar-refractivity contribution in [3.63, 3.8) is 0 Å². The average molecular weight is 457 g/mol. The van der Waals surface area contributed by atoms with E-state index in [-0.39, 0.29) is 6.02 Å². The van der Waals surface area contributed by atoms with Gasteiger partial charge in [0.05, 0.1) is 11.9 Å². The molecular formula is C25H17F2N5O2. The highest BCUT2D eigenvalue weighted by Gasteiger charge is 2.47. The molecule has 0 unspecified atom stereocenters. The molecule has 1 spiro atoms. The van der Waals surface area contributed by atoms with E-state index in [2.05, 4.69) is 19.9 Å². The molecule has 0 saturated carbocycles. The summed E-state index contributed by atoms with van der Waals surface area (Å²) in [5, 5.41) is 0. The lowest BCUT2D eigenvalue weighted by atomic mass is 9.79. The van der Waals surface area contributed by atoms with Crippen LogP contribution >= 0.6 is 0 Å². The van der Waals surface area contributed by atoms with Crippen LogP contribution in [0.25, 0.3) is 22.4 Å². The molecule has 3 aromatic heterocycles. The van der Waals surface area contributed by atoms with Crippen molar-refractivity contribution in [3.05, 3.63) is 90.1 Å². The largest absolute Gasteiger partial charge is 0.455 e. The van der Waals surface area contributed by atoms with E-state index in [9.17, 15) is 8.78 Å². The summed E-state index contributed by atoms with van der Waals surface area (Å²) in [5.74, 6) is -0.159. The van der Waals surface area contributed by atoms with Crippen LogP contribution in [-0.2, 0) is 10.3 Å². The van der Waals surface area contributed by atoms with Crippen LogP contribution in [0.3, 0.4) is 0 Å². The van der Waals surface area contributed by atoms with E-state index in [0.29, 0.717) is 58.0 Å². The number of hydrogen-bond acceptors (Lipinski definition) is 7. The summed E-state index contributed by atoms with van der Waals surface area (Å²) in [4.78, 5) is 16.0. The predicted molar refractivity (Wildman–Crippen MR) is 120 cm³/mol. The molecule has 7 nitrogen and oxygen atoms in total. The molecule has 0 saturated heterocycles.